The minimum atomic E-state index is -1.48. The van der Waals surface area contributed by atoms with Crippen LogP contribution in [0.1, 0.15) is 47.0 Å². The van der Waals surface area contributed by atoms with Gasteiger partial charge in [-0.05, 0) is 49.5 Å². The van der Waals surface area contributed by atoms with Crippen LogP contribution in [0.25, 0.3) is 0 Å². The summed E-state index contributed by atoms with van der Waals surface area (Å²) in [6.45, 7) is 11.9. The number of aliphatic hydroxyl groups is 3. The van der Waals surface area contributed by atoms with E-state index in [0.717, 1.165) is 18.4 Å². The van der Waals surface area contributed by atoms with E-state index in [0.29, 0.717) is 17.1 Å². The Kier molecular flexibility index (Phi) is 3.03. The van der Waals surface area contributed by atoms with Crippen molar-refractivity contribution in [1.82, 2.24) is 0 Å². The Labute approximate surface area is 143 Å². The van der Waals surface area contributed by atoms with Crippen molar-refractivity contribution in [3.63, 3.8) is 0 Å². The quantitative estimate of drug-likeness (QED) is 0.593. The third-order valence-electron chi connectivity index (χ3n) is 7.59. The molecule has 4 heteroatoms. The molecule has 2 fully saturated rings. The number of Topliss-reactive ketones (excluding diaryl/α,β-unsaturated/α-hetero) is 1. The van der Waals surface area contributed by atoms with Gasteiger partial charge in [0.15, 0.2) is 5.78 Å². The lowest BCUT2D eigenvalue weighted by atomic mass is 9.61. The van der Waals surface area contributed by atoms with Gasteiger partial charge < -0.3 is 15.3 Å². The van der Waals surface area contributed by atoms with Crippen LogP contribution in [0.2, 0.25) is 0 Å². The summed E-state index contributed by atoms with van der Waals surface area (Å²) in [7, 11) is 0. The average molecular weight is 332 g/mol. The van der Waals surface area contributed by atoms with Gasteiger partial charge in [-0.25, -0.2) is 0 Å². The zero-order valence-electron chi connectivity index (χ0n) is 15.0. The number of carbonyl (C=O) groups excluding carboxylic acids is 1. The first kappa shape index (κ1) is 16.5. The Bertz CT molecular complexity index is 682. The minimum Gasteiger partial charge on any atom is -0.387 e. The summed E-state index contributed by atoms with van der Waals surface area (Å²) in [5, 5.41) is 32.7. The van der Waals surface area contributed by atoms with Gasteiger partial charge in [-0.15, -0.1) is 0 Å². The third kappa shape index (κ3) is 1.77. The van der Waals surface area contributed by atoms with E-state index >= 15 is 0 Å². The van der Waals surface area contributed by atoms with Crippen molar-refractivity contribution < 1.29 is 20.1 Å². The maximum Gasteiger partial charge on any atom is 0.191 e. The summed E-state index contributed by atoms with van der Waals surface area (Å²) in [4.78, 5) is 12.9. The summed E-state index contributed by atoms with van der Waals surface area (Å²) in [5.41, 5.74) is -0.661. The minimum absolute atomic E-state index is 0.104. The van der Waals surface area contributed by atoms with Crippen molar-refractivity contribution in [3.05, 3.63) is 23.3 Å². The van der Waals surface area contributed by atoms with Crippen molar-refractivity contribution in [2.24, 2.45) is 29.1 Å². The molecule has 0 amide bonds. The van der Waals surface area contributed by atoms with E-state index in [-0.39, 0.29) is 35.4 Å². The van der Waals surface area contributed by atoms with Crippen molar-refractivity contribution in [1.29, 1.82) is 0 Å². The standard InChI is InChI=1S/C20H28O4/c1-9-6-7-11-14(18(11,2)3)15-12(9)13-10(16(21)20(15,5)24)8-19(4,23)17(13)22/h11-12,14-16,21,23-24H,1,6-8H2,2-5H3/t11-,12+,14-,15+,16+,19+,20+/m0/s1. The highest BCUT2D eigenvalue weighted by Gasteiger charge is 2.70. The van der Waals surface area contributed by atoms with Crippen LogP contribution in [0.15, 0.2) is 23.3 Å². The van der Waals surface area contributed by atoms with E-state index in [2.05, 4.69) is 20.4 Å². The van der Waals surface area contributed by atoms with Crippen LogP contribution in [0.4, 0.5) is 0 Å². The number of hydrogen-bond acceptors (Lipinski definition) is 4. The molecule has 0 spiro atoms. The number of rotatable bonds is 0. The molecule has 3 N–H and O–H groups in total. The lowest BCUT2D eigenvalue weighted by Crippen LogP contribution is -2.55. The summed E-state index contributed by atoms with van der Waals surface area (Å²) in [5.74, 6) is -0.0169. The fourth-order valence-corrected chi connectivity index (χ4v) is 6.20. The number of carbonyl (C=O) groups is 1. The molecule has 0 radical (unpaired) electrons. The number of hydrogen-bond donors (Lipinski definition) is 3. The first-order valence-corrected chi connectivity index (χ1v) is 9.00. The second kappa shape index (κ2) is 4.40. The van der Waals surface area contributed by atoms with Crippen LogP contribution in [0, 0.1) is 29.1 Å². The van der Waals surface area contributed by atoms with Gasteiger partial charge >= 0.3 is 0 Å². The molecule has 0 unspecified atom stereocenters. The first-order chi connectivity index (χ1) is 10.9. The molecule has 4 nitrogen and oxygen atoms in total. The molecular weight excluding hydrogens is 304 g/mol. The van der Waals surface area contributed by atoms with Gasteiger partial charge in [-0.2, -0.15) is 0 Å². The molecule has 0 heterocycles. The monoisotopic (exact) mass is 332 g/mol. The van der Waals surface area contributed by atoms with E-state index in [4.69, 9.17) is 0 Å². The van der Waals surface area contributed by atoms with Gasteiger partial charge in [0.05, 0.1) is 5.60 Å². The van der Waals surface area contributed by atoms with Gasteiger partial charge in [-0.1, -0.05) is 26.0 Å². The predicted octanol–water partition coefficient (Wildman–Crippen LogP) is 1.99. The van der Waals surface area contributed by atoms with Crippen molar-refractivity contribution in [3.8, 4) is 0 Å². The first-order valence-electron chi connectivity index (χ1n) is 9.00. The third-order valence-corrected chi connectivity index (χ3v) is 7.59. The van der Waals surface area contributed by atoms with Gasteiger partial charge in [0.1, 0.15) is 11.7 Å². The summed E-state index contributed by atoms with van der Waals surface area (Å²) in [6.07, 6.45) is 0.856. The van der Waals surface area contributed by atoms with Crippen molar-refractivity contribution in [2.75, 3.05) is 0 Å². The van der Waals surface area contributed by atoms with Crippen LogP contribution < -0.4 is 0 Å². The molecule has 0 aromatic carbocycles. The van der Waals surface area contributed by atoms with Gasteiger partial charge in [-0.3, -0.25) is 4.79 Å². The molecule has 0 saturated heterocycles. The SMILES string of the molecule is C=C1CC[C@H]2[C@@H]([C@H]3[C@H]1C1=C(C[C@@](C)(O)C1=O)[C@@H](O)[C@]3(C)O)C2(C)C. The molecule has 24 heavy (non-hydrogen) atoms. The van der Waals surface area contributed by atoms with E-state index in [1.165, 1.54) is 6.92 Å². The molecule has 7 atom stereocenters. The van der Waals surface area contributed by atoms with Gasteiger partial charge in [0, 0.05) is 23.8 Å². The zero-order valence-corrected chi connectivity index (χ0v) is 15.0. The number of fused-ring (bicyclic) bond motifs is 4. The maximum absolute atomic E-state index is 12.9. The number of ketones is 1. The highest BCUT2D eigenvalue weighted by Crippen LogP contribution is 2.71. The molecule has 0 aromatic heterocycles. The van der Waals surface area contributed by atoms with Crippen molar-refractivity contribution in [2.45, 2.75) is 64.3 Å². The van der Waals surface area contributed by atoms with Gasteiger partial charge in [0.25, 0.3) is 0 Å². The number of allylic oxidation sites excluding steroid dienone is 1. The van der Waals surface area contributed by atoms with E-state index in [9.17, 15) is 20.1 Å². The highest BCUT2D eigenvalue weighted by atomic mass is 16.3. The molecule has 4 rings (SSSR count). The predicted molar refractivity (Wildman–Crippen MR) is 90.0 cm³/mol. The molecule has 4 aliphatic rings. The van der Waals surface area contributed by atoms with E-state index < -0.39 is 17.3 Å². The maximum atomic E-state index is 12.9. The molecule has 132 valence electrons. The zero-order chi connectivity index (χ0) is 17.8. The smallest absolute Gasteiger partial charge is 0.191 e. The highest BCUT2D eigenvalue weighted by molar-refractivity contribution is 6.06. The topological polar surface area (TPSA) is 77.8 Å². The van der Waals surface area contributed by atoms with Crippen molar-refractivity contribution >= 4 is 5.78 Å². The van der Waals surface area contributed by atoms with Crippen LogP contribution in [0.5, 0.6) is 0 Å². The Morgan fingerprint density at radius 1 is 1.12 bits per heavy atom. The average Bonchev–Trinajstić information content (AvgIpc) is 2.97. The fraction of sp³-hybridized carbons (Fsp3) is 0.750. The largest absolute Gasteiger partial charge is 0.387 e. The van der Waals surface area contributed by atoms with E-state index in [1.54, 1.807) is 6.92 Å². The molecule has 0 aromatic rings. The normalized spacial score (nSPS) is 52.5. The second-order valence-corrected chi connectivity index (χ2v) is 9.50. The molecule has 2 saturated carbocycles. The Morgan fingerprint density at radius 3 is 2.38 bits per heavy atom. The molecule has 4 aliphatic carbocycles. The lowest BCUT2D eigenvalue weighted by Gasteiger charge is -2.47. The van der Waals surface area contributed by atoms with Crippen LogP contribution >= 0.6 is 0 Å². The number of aliphatic hydroxyl groups excluding tert-OH is 1. The van der Waals surface area contributed by atoms with Crippen LogP contribution in [-0.2, 0) is 4.79 Å². The summed E-state index contributed by atoms with van der Waals surface area (Å²) < 4.78 is 0. The fourth-order valence-electron chi connectivity index (χ4n) is 6.20. The summed E-state index contributed by atoms with van der Waals surface area (Å²) >= 11 is 0. The van der Waals surface area contributed by atoms with Crippen LogP contribution in [-0.4, -0.2) is 38.4 Å². The van der Waals surface area contributed by atoms with Crippen LogP contribution in [0.3, 0.4) is 0 Å². The molecular formula is C20H28O4. The molecule has 0 aliphatic heterocycles. The molecule has 0 bridgehead atoms. The second-order valence-electron chi connectivity index (χ2n) is 9.50. The summed E-state index contributed by atoms with van der Waals surface area (Å²) in [6, 6.07) is 0. The Hall–Kier alpha value is -0.970. The van der Waals surface area contributed by atoms with Gasteiger partial charge in [0.2, 0.25) is 0 Å². The lowest BCUT2D eigenvalue weighted by molar-refractivity contribution is -0.131. The Morgan fingerprint density at radius 2 is 1.75 bits per heavy atom. The Balaban J connectivity index is 1.91. The van der Waals surface area contributed by atoms with E-state index in [1.807, 2.05) is 0 Å².